The predicted molar refractivity (Wildman–Crippen MR) is 198 cm³/mol. The van der Waals surface area contributed by atoms with Crippen LogP contribution in [-0.2, 0) is 32.3 Å². The first kappa shape index (κ1) is 41.8. The molecular weight excluding hydrogens is 629 g/mol. The Morgan fingerprint density at radius 1 is 0.783 bits per heavy atom. The van der Waals surface area contributed by atoms with Crippen LogP contribution in [0.3, 0.4) is 0 Å². The summed E-state index contributed by atoms with van der Waals surface area (Å²) >= 11 is 0. The first-order valence-corrected chi connectivity index (χ1v) is 27.5. The van der Waals surface area contributed by atoms with Crippen molar-refractivity contribution in [2.75, 3.05) is 13.7 Å². The standard InChI is InChI=1S/C36H72O7Si3/c1-25(2)22-44(10,11)41-29(8)16-17-31-32(40-31)20-30-21-39-33(18-28(7)19-34(37)38-9)36(43-46(14,15)24-27(5)6)35(30)42-45(12,13)23-26(3)4/h19,25-27,29-33,35-36H,16-18,20-24H2,1-15H3/b28-19+. The van der Waals surface area contributed by atoms with E-state index in [4.69, 9.17) is 27.5 Å². The average Bonchev–Trinajstić information content (AvgIpc) is 3.60. The smallest absolute Gasteiger partial charge is 0.330 e. The highest BCUT2D eigenvalue weighted by atomic mass is 28.4. The second kappa shape index (κ2) is 18.1. The molecule has 0 N–H and O–H groups in total. The molecule has 270 valence electrons. The van der Waals surface area contributed by atoms with Gasteiger partial charge in [0.1, 0.15) is 0 Å². The fourth-order valence-corrected chi connectivity index (χ4v) is 17.5. The number of esters is 1. The van der Waals surface area contributed by atoms with E-state index in [0.29, 0.717) is 30.8 Å². The quantitative estimate of drug-likeness (QED) is 0.0543. The maximum atomic E-state index is 12.1. The summed E-state index contributed by atoms with van der Waals surface area (Å²) in [5, 5.41) is 0. The Morgan fingerprint density at radius 3 is 1.83 bits per heavy atom. The van der Waals surface area contributed by atoms with Crippen molar-refractivity contribution in [1.82, 2.24) is 0 Å². The van der Waals surface area contributed by atoms with Gasteiger partial charge in [0.25, 0.3) is 0 Å². The van der Waals surface area contributed by atoms with Crippen molar-refractivity contribution < 1.29 is 32.3 Å². The zero-order chi connectivity index (χ0) is 35.0. The minimum absolute atomic E-state index is 0.0704. The molecule has 2 aliphatic rings. The van der Waals surface area contributed by atoms with E-state index in [0.717, 1.165) is 36.9 Å². The Hall–Kier alpha value is -0.339. The fourth-order valence-electron chi connectivity index (χ4n) is 8.01. The molecule has 0 bridgehead atoms. The lowest BCUT2D eigenvalue weighted by atomic mass is 9.86. The zero-order valence-corrected chi connectivity index (χ0v) is 35.4. The van der Waals surface area contributed by atoms with Gasteiger partial charge in [0.15, 0.2) is 25.0 Å². The van der Waals surface area contributed by atoms with E-state index in [-0.39, 0.29) is 48.5 Å². The highest BCUT2D eigenvalue weighted by Gasteiger charge is 2.50. The van der Waals surface area contributed by atoms with Crippen LogP contribution in [0.25, 0.3) is 0 Å². The zero-order valence-electron chi connectivity index (χ0n) is 32.4. The van der Waals surface area contributed by atoms with Gasteiger partial charge in [-0.05, 0) is 115 Å². The highest BCUT2D eigenvalue weighted by molar-refractivity contribution is 6.72. The van der Waals surface area contributed by atoms with Crippen molar-refractivity contribution in [3.63, 3.8) is 0 Å². The van der Waals surface area contributed by atoms with Crippen molar-refractivity contribution >= 4 is 30.9 Å². The van der Waals surface area contributed by atoms with Gasteiger partial charge in [0.05, 0.1) is 44.2 Å². The summed E-state index contributed by atoms with van der Waals surface area (Å²) in [4.78, 5) is 12.1. The molecule has 0 aliphatic carbocycles. The monoisotopic (exact) mass is 700 g/mol. The molecule has 2 rings (SSSR count). The van der Waals surface area contributed by atoms with Gasteiger partial charge in [-0.25, -0.2) is 4.79 Å². The number of methoxy groups -OCH3 is 1. The van der Waals surface area contributed by atoms with E-state index >= 15 is 0 Å². The molecule has 2 aliphatic heterocycles. The van der Waals surface area contributed by atoms with Gasteiger partial charge in [-0.15, -0.1) is 0 Å². The van der Waals surface area contributed by atoms with Crippen LogP contribution in [0.15, 0.2) is 11.6 Å². The molecule has 0 spiro atoms. The van der Waals surface area contributed by atoms with Gasteiger partial charge >= 0.3 is 5.97 Å². The molecule has 2 fully saturated rings. The Kier molecular flexibility index (Phi) is 16.4. The van der Waals surface area contributed by atoms with Gasteiger partial charge in [-0.2, -0.15) is 0 Å². The summed E-state index contributed by atoms with van der Waals surface area (Å²) in [6.07, 6.45) is 5.47. The van der Waals surface area contributed by atoms with Crippen LogP contribution >= 0.6 is 0 Å². The van der Waals surface area contributed by atoms with E-state index in [1.165, 1.54) is 13.2 Å². The Bertz CT molecular complexity index is 965. The van der Waals surface area contributed by atoms with E-state index in [1.54, 1.807) is 6.08 Å². The molecule has 2 heterocycles. The average molecular weight is 701 g/mol. The number of carbonyl (C=O) groups excluding carboxylic acids is 1. The molecule has 7 unspecified atom stereocenters. The van der Waals surface area contributed by atoms with E-state index in [2.05, 4.69) is 87.7 Å². The normalized spacial score (nSPS) is 27.0. The van der Waals surface area contributed by atoms with Crippen LogP contribution in [0.1, 0.15) is 81.1 Å². The van der Waals surface area contributed by atoms with Crippen LogP contribution in [-0.4, -0.2) is 81.3 Å². The first-order chi connectivity index (χ1) is 21.1. The van der Waals surface area contributed by atoms with Gasteiger partial charge in [-0.3, -0.25) is 0 Å². The SMILES string of the molecule is COC(=O)/C=C(\C)CC1OCC(CC2OC2CCC(C)O[Si](C)(C)CC(C)C)C(O[Si](C)(C)CC(C)C)C1O[Si](C)(C)CC(C)C. The van der Waals surface area contributed by atoms with Crippen LogP contribution in [0.2, 0.25) is 57.4 Å². The van der Waals surface area contributed by atoms with Gasteiger partial charge in [0, 0.05) is 18.1 Å². The molecule has 0 amide bonds. The van der Waals surface area contributed by atoms with Crippen molar-refractivity contribution in [3.05, 3.63) is 11.6 Å². The van der Waals surface area contributed by atoms with Crippen LogP contribution < -0.4 is 0 Å². The number of hydrogen-bond donors (Lipinski definition) is 0. The number of ether oxygens (including phenoxy) is 3. The predicted octanol–water partition coefficient (Wildman–Crippen LogP) is 9.21. The fraction of sp³-hybridized carbons (Fsp3) is 0.917. The van der Waals surface area contributed by atoms with Crippen molar-refractivity contribution in [2.45, 2.75) is 175 Å². The van der Waals surface area contributed by atoms with Crippen molar-refractivity contribution in [2.24, 2.45) is 23.7 Å². The molecule has 10 heteroatoms. The minimum atomic E-state index is -2.06. The third-order valence-corrected chi connectivity index (χ3v) is 17.2. The van der Waals surface area contributed by atoms with Gasteiger partial charge in [-0.1, -0.05) is 47.1 Å². The molecule has 7 atom stereocenters. The summed E-state index contributed by atoms with van der Waals surface area (Å²) in [6, 6.07) is 3.36. The maximum Gasteiger partial charge on any atom is 0.330 e. The Morgan fingerprint density at radius 2 is 1.30 bits per heavy atom. The number of hydrogen-bond acceptors (Lipinski definition) is 7. The largest absolute Gasteiger partial charge is 0.466 e. The molecule has 0 aromatic heterocycles. The molecule has 0 radical (unpaired) electrons. The van der Waals surface area contributed by atoms with E-state index < -0.39 is 25.0 Å². The Balaban J connectivity index is 2.26. The summed E-state index contributed by atoms with van der Waals surface area (Å²) in [5.74, 6) is 1.65. The highest BCUT2D eigenvalue weighted by Crippen LogP contribution is 2.41. The third kappa shape index (κ3) is 15.5. The van der Waals surface area contributed by atoms with Crippen LogP contribution in [0.5, 0.6) is 0 Å². The number of rotatable bonds is 20. The lowest BCUT2D eigenvalue weighted by Crippen LogP contribution is -2.59. The van der Waals surface area contributed by atoms with Gasteiger partial charge in [0.2, 0.25) is 0 Å². The topological polar surface area (TPSA) is 75.8 Å². The number of carbonyl (C=O) groups is 1. The van der Waals surface area contributed by atoms with Crippen molar-refractivity contribution in [1.29, 1.82) is 0 Å². The molecule has 0 aromatic carbocycles. The van der Waals surface area contributed by atoms with Crippen LogP contribution in [0, 0.1) is 23.7 Å². The molecule has 0 saturated carbocycles. The second-order valence-electron chi connectivity index (χ2n) is 17.5. The minimum Gasteiger partial charge on any atom is -0.466 e. The molecular formula is C36H72O7Si3. The molecule has 0 aromatic rings. The van der Waals surface area contributed by atoms with E-state index in [9.17, 15) is 4.79 Å². The first-order valence-electron chi connectivity index (χ1n) is 18.2. The van der Waals surface area contributed by atoms with E-state index in [1.807, 2.05) is 6.92 Å². The maximum absolute atomic E-state index is 12.1. The third-order valence-electron chi connectivity index (χ3n) is 8.98. The summed E-state index contributed by atoms with van der Waals surface area (Å²) in [6.45, 7) is 32.6. The lowest BCUT2D eigenvalue weighted by Gasteiger charge is -2.48. The molecule has 46 heavy (non-hydrogen) atoms. The second-order valence-corrected chi connectivity index (χ2v) is 30.0. The Labute approximate surface area is 286 Å². The summed E-state index contributed by atoms with van der Waals surface area (Å²) < 4.78 is 39.0. The lowest BCUT2D eigenvalue weighted by molar-refractivity contribution is -0.153. The molecule has 7 nitrogen and oxygen atoms in total. The number of epoxide rings is 1. The van der Waals surface area contributed by atoms with Gasteiger partial charge < -0.3 is 27.5 Å². The molecule has 2 saturated heterocycles. The van der Waals surface area contributed by atoms with Crippen LogP contribution in [0.4, 0.5) is 0 Å². The summed E-state index contributed by atoms with van der Waals surface area (Å²) in [7, 11) is -4.31. The summed E-state index contributed by atoms with van der Waals surface area (Å²) in [5.41, 5.74) is 0.936. The van der Waals surface area contributed by atoms with Crippen molar-refractivity contribution in [3.8, 4) is 0 Å².